The zero-order valence-corrected chi connectivity index (χ0v) is 10.3. The lowest BCUT2D eigenvalue weighted by Gasteiger charge is -2.03. The van der Waals surface area contributed by atoms with E-state index in [0.29, 0.717) is 15.5 Å². The van der Waals surface area contributed by atoms with Crippen LogP contribution < -0.4 is 0 Å². The van der Waals surface area contributed by atoms with Crippen LogP contribution in [0.1, 0.15) is 17.4 Å². The molecule has 0 saturated heterocycles. The monoisotopic (exact) mass is 265 g/mol. The minimum Gasteiger partial charge on any atom is -0.293 e. The molecule has 18 heavy (non-hydrogen) atoms. The van der Waals surface area contributed by atoms with E-state index in [1.165, 1.54) is 25.3 Å². The summed E-state index contributed by atoms with van der Waals surface area (Å²) in [6.45, 7) is 1.43. The molecule has 0 radical (unpaired) electrons. The van der Waals surface area contributed by atoms with Crippen LogP contribution in [0.25, 0.3) is 0 Å². The predicted molar refractivity (Wildman–Crippen MR) is 64.7 cm³/mol. The summed E-state index contributed by atoms with van der Waals surface area (Å²) < 4.78 is 26.1. The van der Waals surface area contributed by atoms with Crippen LogP contribution in [-0.2, 0) is 0 Å². The number of aromatic nitrogens is 1. The molecular weight excluding hydrogens is 256 g/mol. The lowest BCUT2D eigenvalue weighted by molar-refractivity contribution is 0.101. The number of pyridine rings is 1. The second kappa shape index (κ2) is 5.27. The zero-order chi connectivity index (χ0) is 13.1. The van der Waals surface area contributed by atoms with Gasteiger partial charge in [0.05, 0.1) is 0 Å². The maximum Gasteiger partial charge on any atom is 0.178 e. The van der Waals surface area contributed by atoms with Gasteiger partial charge in [0.15, 0.2) is 5.78 Å². The quantitative estimate of drug-likeness (QED) is 0.792. The lowest BCUT2D eigenvalue weighted by Crippen LogP contribution is -1.95. The molecule has 1 aromatic carbocycles. The third-order valence-electron chi connectivity index (χ3n) is 2.22. The summed E-state index contributed by atoms with van der Waals surface area (Å²) in [5, 5.41) is 0. The molecule has 5 heteroatoms. The fourth-order valence-corrected chi connectivity index (χ4v) is 2.12. The Bertz CT molecular complexity index is 584. The highest BCUT2D eigenvalue weighted by molar-refractivity contribution is 7.99. The largest absolute Gasteiger partial charge is 0.293 e. The second-order valence-corrected chi connectivity index (χ2v) is 4.73. The Labute approximate surface area is 107 Å². The van der Waals surface area contributed by atoms with Gasteiger partial charge in [-0.2, -0.15) is 0 Å². The van der Waals surface area contributed by atoms with E-state index < -0.39 is 11.6 Å². The number of benzene rings is 1. The molecule has 0 N–H and O–H groups in total. The van der Waals surface area contributed by atoms with Crippen molar-refractivity contribution in [2.24, 2.45) is 0 Å². The van der Waals surface area contributed by atoms with Crippen molar-refractivity contribution in [3.05, 3.63) is 53.9 Å². The van der Waals surface area contributed by atoms with E-state index in [0.717, 1.165) is 17.8 Å². The van der Waals surface area contributed by atoms with Gasteiger partial charge < -0.3 is 0 Å². The number of hydrogen-bond acceptors (Lipinski definition) is 3. The highest BCUT2D eigenvalue weighted by Crippen LogP contribution is 2.29. The van der Waals surface area contributed by atoms with E-state index in [-0.39, 0.29) is 5.78 Å². The fourth-order valence-electron chi connectivity index (χ4n) is 1.33. The smallest absolute Gasteiger partial charge is 0.178 e. The molecule has 0 atom stereocenters. The first-order chi connectivity index (χ1) is 8.56. The van der Waals surface area contributed by atoms with Crippen LogP contribution in [0.2, 0.25) is 0 Å². The van der Waals surface area contributed by atoms with E-state index in [4.69, 9.17) is 0 Å². The van der Waals surface area contributed by atoms with E-state index in [1.54, 1.807) is 12.1 Å². The van der Waals surface area contributed by atoms with E-state index >= 15 is 0 Å². The molecule has 1 heterocycles. The van der Waals surface area contributed by atoms with Crippen LogP contribution in [0, 0.1) is 11.6 Å². The maximum atomic E-state index is 13.4. The van der Waals surface area contributed by atoms with Crippen molar-refractivity contribution in [2.45, 2.75) is 16.7 Å². The van der Waals surface area contributed by atoms with Crippen molar-refractivity contribution in [3.8, 4) is 0 Å². The molecular formula is C13H9F2NOS. The van der Waals surface area contributed by atoms with Gasteiger partial charge >= 0.3 is 0 Å². The summed E-state index contributed by atoms with van der Waals surface area (Å²) in [5.41, 5.74) is 0.360. The summed E-state index contributed by atoms with van der Waals surface area (Å²) in [5.74, 6) is -1.35. The minimum absolute atomic E-state index is 0.125. The van der Waals surface area contributed by atoms with Crippen LogP contribution in [0.4, 0.5) is 8.78 Å². The van der Waals surface area contributed by atoms with Crippen molar-refractivity contribution in [2.75, 3.05) is 0 Å². The minimum atomic E-state index is -0.615. The molecule has 1 aromatic heterocycles. The molecule has 0 spiro atoms. The van der Waals surface area contributed by atoms with Crippen LogP contribution in [0.15, 0.2) is 46.3 Å². The normalized spacial score (nSPS) is 10.4. The van der Waals surface area contributed by atoms with Crippen LogP contribution in [-0.4, -0.2) is 10.8 Å². The topological polar surface area (TPSA) is 30.0 Å². The first-order valence-corrected chi connectivity index (χ1v) is 5.98. The highest BCUT2D eigenvalue weighted by Gasteiger charge is 2.07. The van der Waals surface area contributed by atoms with Crippen LogP contribution in [0.5, 0.6) is 0 Å². The number of nitrogens with zero attached hydrogens (tertiary/aromatic N) is 1. The molecule has 0 aliphatic heterocycles. The second-order valence-electron chi connectivity index (χ2n) is 3.61. The molecule has 0 aliphatic rings. The molecule has 2 aromatic rings. The summed E-state index contributed by atoms with van der Waals surface area (Å²) in [6, 6.07) is 6.65. The van der Waals surface area contributed by atoms with Gasteiger partial charge in [0.2, 0.25) is 0 Å². The average molecular weight is 265 g/mol. The average Bonchev–Trinajstić information content (AvgIpc) is 2.33. The van der Waals surface area contributed by atoms with Crippen LogP contribution >= 0.6 is 11.8 Å². The van der Waals surface area contributed by atoms with Gasteiger partial charge in [-0.1, -0.05) is 11.8 Å². The third-order valence-corrected chi connectivity index (χ3v) is 3.25. The number of Topliss-reactive ketones (excluding diaryl/α,β-unsaturated/α-hetero) is 1. The summed E-state index contributed by atoms with van der Waals surface area (Å²) in [7, 11) is 0. The van der Waals surface area contributed by atoms with Gasteiger partial charge in [0.25, 0.3) is 0 Å². The Hall–Kier alpha value is -1.75. The Morgan fingerprint density at radius 1 is 1.22 bits per heavy atom. The van der Waals surface area contributed by atoms with Gasteiger partial charge in [-0.05, 0) is 24.3 Å². The summed E-state index contributed by atoms with van der Waals surface area (Å²) in [4.78, 5) is 16.0. The molecule has 0 unspecified atom stereocenters. The molecule has 2 nitrogen and oxygen atoms in total. The van der Waals surface area contributed by atoms with Crippen molar-refractivity contribution in [1.82, 2.24) is 4.98 Å². The highest BCUT2D eigenvalue weighted by atomic mass is 32.2. The molecule has 0 bridgehead atoms. The number of rotatable bonds is 3. The Balaban J connectivity index is 2.21. The molecule has 2 rings (SSSR count). The fraction of sp³-hybridized carbons (Fsp3) is 0.0769. The van der Waals surface area contributed by atoms with E-state index in [1.807, 2.05) is 0 Å². The summed E-state index contributed by atoms with van der Waals surface area (Å²) >= 11 is 1.13. The zero-order valence-electron chi connectivity index (χ0n) is 9.48. The number of ketones is 1. The Morgan fingerprint density at radius 2 is 2.00 bits per heavy atom. The van der Waals surface area contributed by atoms with Gasteiger partial charge in [-0.15, -0.1) is 0 Å². The lowest BCUT2D eigenvalue weighted by atomic mass is 10.3. The number of hydrogen-bond donors (Lipinski definition) is 0. The molecule has 92 valence electrons. The Morgan fingerprint density at radius 3 is 2.56 bits per heavy atom. The number of carbonyl (C=O) groups excluding carboxylic acids is 1. The van der Waals surface area contributed by atoms with E-state index in [9.17, 15) is 13.6 Å². The SMILES string of the molecule is CC(=O)c1ccc(Sc2ccc(F)cc2F)cn1. The van der Waals surface area contributed by atoms with Crippen LogP contribution in [0.3, 0.4) is 0 Å². The Kier molecular flexibility index (Phi) is 3.72. The van der Waals surface area contributed by atoms with Crippen molar-refractivity contribution in [3.63, 3.8) is 0 Å². The molecule has 0 aliphatic carbocycles. The first-order valence-electron chi connectivity index (χ1n) is 5.16. The number of halogens is 2. The number of carbonyl (C=O) groups is 1. The summed E-state index contributed by atoms with van der Waals surface area (Å²) in [6.07, 6.45) is 1.49. The molecule has 0 amide bonds. The van der Waals surface area contributed by atoms with Gasteiger partial charge in [0.1, 0.15) is 17.3 Å². The standard InChI is InChI=1S/C13H9F2NOS/c1-8(17)12-4-3-10(7-16-12)18-13-5-2-9(14)6-11(13)15/h2-7H,1H3. The van der Waals surface area contributed by atoms with Gasteiger partial charge in [-0.3, -0.25) is 9.78 Å². The van der Waals surface area contributed by atoms with Gasteiger partial charge in [-0.25, -0.2) is 8.78 Å². The van der Waals surface area contributed by atoms with Crippen molar-refractivity contribution in [1.29, 1.82) is 0 Å². The van der Waals surface area contributed by atoms with E-state index in [2.05, 4.69) is 4.98 Å². The maximum absolute atomic E-state index is 13.4. The van der Waals surface area contributed by atoms with Gasteiger partial charge in [0, 0.05) is 29.0 Å². The molecule has 0 fully saturated rings. The van der Waals surface area contributed by atoms with Crippen molar-refractivity contribution < 1.29 is 13.6 Å². The predicted octanol–water partition coefficient (Wildman–Crippen LogP) is 3.71. The van der Waals surface area contributed by atoms with Crippen molar-refractivity contribution >= 4 is 17.5 Å². The third kappa shape index (κ3) is 2.92. The molecule has 0 saturated carbocycles. The first kappa shape index (κ1) is 12.7.